The van der Waals surface area contributed by atoms with E-state index in [1.165, 1.54) is 231 Å². The molecule has 1 amide bonds. The maximum absolute atomic E-state index is 13.6. The van der Waals surface area contributed by atoms with Gasteiger partial charge in [0.2, 0.25) is 5.91 Å². The Morgan fingerprint density at radius 1 is 0.412 bits per heavy atom. The highest BCUT2D eigenvalue weighted by Crippen LogP contribution is 2.43. The Morgan fingerprint density at radius 2 is 0.718 bits per heavy atom. The first-order valence-electron chi connectivity index (χ1n) is 36.3. The van der Waals surface area contributed by atoms with E-state index < -0.39 is 20.0 Å². The van der Waals surface area contributed by atoms with Crippen LogP contribution in [0.2, 0.25) is 0 Å². The highest BCUT2D eigenvalue weighted by atomic mass is 31.2. The number of nitrogens with one attached hydrogen (secondary N) is 1. The van der Waals surface area contributed by atoms with E-state index in [-0.39, 0.29) is 31.5 Å². The number of carbonyl (C=O) groups is 2. The summed E-state index contributed by atoms with van der Waals surface area (Å²) >= 11 is 0. The van der Waals surface area contributed by atoms with Gasteiger partial charge in [0.25, 0.3) is 0 Å². The molecule has 0 saturated carbocycles. The van der Waals surface area contributed by atoms with E-state index >= 15 is 0 Å². The normalized spacial score (nSPS) is 13.9. The second-order valence-electron chi connectivity index (χ2n) is 25.8. The van der Waals surface area contributed by atoms with E-state index in [4.69, 9.17) is 13.8 Å². The first kappa shape index (κ1) is 82.5. The number of hydrogen-bond donors (Lipinski definition) is 2. The Morgan fingerprint density at radius 3 is 1.09 bits per heavy atom. The summed E-state index contributed by atoms with van der Waals surface area (Å²) < 4.78 is 30.9. The molecule has 0 aliphatic carbocycles. The Bertz CT molecular complexity index is 1680. The maximum Gasteiger partial charge on any atom is 0.472 e. The third-order valence-electron chi connectivity index (χ3n) is 16.1. The van der Waals surface area contributed by atoms with Crippen LogP contribution in [0.3, 0.4) is 0 Å². The minimum Gasteiger partial charge on any atom is -0.456 e. The maximum atomic E-state index is 13.6. The fourth-order valence-corrected chi connectivity index (χ4v) is 11.2. The molecule has 0 radical (unpaired) electrons. The molecule has 496 valence electrons. The second kappa shape index (κ2) is 64.4. The number of amides is 1. The van der Waals surface area contributed by atoms with E-state index in [2.05, 4.69) is 86.8 Å². The molecule has 10 heteroatoms. The molecule has 0 aliphatic heterocycles. The van der Waals surface area contributed by atoms with E-state index in [1.807, 2.05) is 33.3 Å². The number of phosphoric ester groups is 1. The average Bonchev–Trinajstić information content (AvgIpc) is 3.50. The summed E-state index contributed by atoms with van der Waals surface area (Å²) in [6.45, 7) is 7.00. The number of ether oxygens (including phenoxy) is 1. The smallest absolute Gasteiger partial charge is 0.456 e. The van der Waals surface area contributed by atoms with Crippen LogP contribution in [0.1, 0.15) is 342 Å². The summed E-state index contributed by atoms with van der Waals surface area (Å²) in [6, 6.07) is -0.853. The van der Waals surface area contributed by atoms with Crippen molar-refractivity contribution in [1.29, 1.82) is 0 Å². The van der Waals surface area contributed by atoms with Gasteiger partial charge in [0, 0.05) is 12.8 Å². The largest absolute Gasteiger partial charge is 0.472 e. The second-order valence-corrected chi connectivity index (χ2v) is 27.2. The highest BCUT2D eigenvalue weighted by Gasteiger charge is 2.30. The van der Waals surface area contributed by atoms with Gasteiger partial charge in [0.05, 0.1) is 33.8 Å². The van der Waals surface area contributed by atoms with Crippen molar-refractivity contribution in [3.05, 3.63) is 72.9 Å². The zero-order valence-electron chi connectivity index (χ0n) is 56.9. The quantitative estimate of drug-likeness (QED) is 0.0205. The lowest BCUT2D eigenvalue weighted by Gasteiger charge is -2.27. The van der Waals surface area contributed by atoms with E-state index in [0.717, 1.165) is 77.0 Å². The molecule has 0 fully saturated rings. The number of rotatable bonds is 66. The SMILES string of the molecule is CCCCC/C=C\C/C=C\C/C=C\CCCCCCCCCCCCCCCCC(=O)OC(/C=C\CCCCCCCCCCCCC)C(COP(=O)(O)OCC[N+](C)(C)C)NC(=O)CCCCCCCCCCC/C=C\C/C=C\CCCCC. The molecule has 0 aromatic carbocycles. The molecule has 2 N–H and O–H groups in total. The van der Waals surface area contributed by atoms with Crippen molar-refractivity contribution in [2.24, 2.45) is 0 Å². The van der Waals surface area contributed by atoms with Crippen molar-refractivity contribution < 1.29 is 37.3 Å². The minimum absolute atomic E-state index is 0.0385. The van der Waals surface area contributed by atoms with Gasteiger partial charge in [0.1, 0.15) is 19.3 Å². The molecular weight excluding hydrogens is 1070 g/mol. The average molecular weight is 1210 g/mol. The van der Waals surface area contributed by atoms with Gasteiger partial charge in [-0.3, -0.25) is 18.6 Å². The van der Waals surface area contributed by atoms with Crippen LogP contribution in [0.25, 0.3) is 0 Å². The molecule has 0 aliphatic rings. The summed E-state index contributed by atoms with van der Waals surface area (Å²) in [4.78, 5) is 37.9. The predicted octanol–water partition coefficient (Wildman–Crippen LogP) is 23.1. The standard InChI is InChI=1S/C75H139N2O7P/c1-7-10-13-16-19-22-25-28-30-32-34-35-36-37-38-39-40-41-43-45-47-50-53-56-59-62-65-68-75(79)84-73(66-63-60-57-54-51-48-27-24-21-18-15-12-9-3)72(71-83-85(80,81)82-70-69-77(4,5)6)76-74(78)67-64-61-58-55-52-49-46-44-42-33-31-29-26-23-20-17-14-11-8-2/h19-20,22-23,28-31,34-35,63,66,72-73H,7-18,21,24-27,32-33,36-62,64-65,67-71H2,1-6H3,(H-,76,78,80,81)/p+1/b22-19-,23-20-,30-28-,31-29-,35-34-,66-63-. The Kier molecular flexibility index (Phi) is 62.5. The molecule has 0 aromatic rings. The van der Waals surface area contributed by atoms with E-state index in [0.29, 0.717) is 17.4 Å². The first-order valence-corrected chi connectivity index (χ1v) is 37.8. The highest BCUT2D eigenvalue weighted by molar-refractivity contribution is 7.47. The van der Waals surface area contributed by atoms with Crippen molar-refractivity contribution in [3.63, 3.8) is 0 Å². The molecule has 3 unspecified atom stereocenters. The molecule has 0 heterocycles. The Labute approximate surface area is 527 Å². The number of likely N-dealkylation sites (N-methyl/N-ethyl adjacent to an activating group) is 1. The number of esters is 1. The van der Waals surface area contributed by atoms with Crippen molar-refractivity contribution in [3.8, 4) is 0 Å². The lowest BCUT2D eigenvalue weighted by Crippen LogP contribution is -2.47. The number of allylic oxidation sites excluding steroid dienone is 11. The van der Waals surface area contributed by atoms with Gasteiger partial charge >= 0.3 is 13.8 Å². The topological polar surface area (TPSA) is 111 Å². The number of carbonyl (C=O) groups excluding carboxylic acids is 2. The number of nitrogens with zero attached hydrogens (tertiary/aromatic N) is 1. The zero-order chi connectivity index (χ0) is 62.1. The fraction of sp³-hybridized carbons (Fsp3) is 0.813. The molecule has 0 aromatic heterocycles. The van der Waals surface area contributed by atoms with Crippen molar-refractivity contribution in [2.45, 2.75) is 354 Å². The minimum atomic E-state index is -4.46. The molecule has 0 rings (SSSR count). The molecule has 3 atom stereocenters. The fourth-order valence-electron chi connectivity index (χ4n) is 10.5. The summed E-state index contributed by atoms with van der Waals surface area (Å²) in [6.07, 6.45) is 84.8. The lowest BCUT2D eigenvalue weighted by atomic mass is 10.0. The van der Waals surface area contributed by atoms with Gasteiger partial charge in [-0.2, -0.15) is 0 Å². The summed E-state index contributed by atoms with van der Waals surface area (Å²) in [5.74, 6) is -0.499. The third-order valence-corrected chi connectivity index (χ3v) is 17.1. The van der Waals surface area contributed by atoms with E-state index in [9.17, 15) is 19.0 Å². The van der Waals surface area contributed by atoms with Crippen molar-refractivity contribution in [1.82, 2.24) is 5.32 Å². The molecule has 0 spiro atoms. The number of hydrogen-bond acceptors (Lipinski definition) is 6. The van der Waals surface area contributed by atoms with Crippen LogP contribution >= 0.6 is 7.82 Å². The van der Waals surface area contributed by atoms with Gasteiger partial charge in [0.15, 0.2) is 0 Å². The first-order chi connectivity index (χ1) is 41.4. The monoisotopic (exact) mass is 1210 g/mol. The Hall–Kier alpha value is -2.55. The van der Waals surface area contributed by atoms with Gasteiger partial charge in [-0.05, 0) is 102 Å². The molecule has 85 heavy (non-hydrogen) atoms. The zero-order valence-corrected chi connectivity index (χ0v) is 57.7. The predicted molar refractivity (Wildman–Crippen MR) is 369 cm³/mol. The van der Waals surface area contributed by atoms with Crippen LogP contribution in [0.5, 0.6) is 0 Å². The molecule has 9 nitrogen and oxygen atoms in total. The molecule has 0 bridgehead atoms. The molecule has 0 saturated heterocycles. The van der Waals surface area contributed by atoms with Crippen molar-refractivity contribution >= 4 is 19.7 Å². The van der Waals surface area contributed by atoms with Crippen LogP contribution in [0.4, 0.5) is 0 Å². The van der Waals surface area contributed by atoms with Crippen LogP contribution in [0, 0.1) is 0 Å². The van der Waals surface area contributed by atoms with Crippen LogP contribution in [-0.2, 0) is 27.9 Å². The van der Waals surface area contributed by atoms with Crippen LogP contribution in [-0.4, -0.2) is 74.3 Å². The molecular formula is C75H140N2O7P+. The number of phosphoric acid groups is 1. The number of unbranched alkanes of at least 4 members (excludes halogenated alkanes) is 40. The van der Waals surface area contributed by atoms with Crippen molar-refractivity contribution in [2.75, 3.05) is 40.9 Å². The van der Waals surface area contributed by atoms with Gasteiger partial charge < -0.3 is 19.4 Å². The summed E-state index contributed by atoms with van der Waals surface area (Å²) in [5.41, 5.74) is 0. The summed E-state index contributed by atoms with van der Waals surface area (Å²) in [5, 5.41) is 3.07. The lowest BCUT2D eigenvalue weighted by molar-refractivity contribution is -0.870. The van der Waals surface area contributed by atoms with Crippen LogP contribution in [0.15, 0.2) is 72.9 Å². The van der Waals surface area contributed by atoms with Crippen LogP contribution < -0.4 is 5.32 Å². The van der Waals surface area contributed by atoms with Gasteiger partial charge in [-0.1, -0.05) is 299 Å². The summed E-state index contributed by atoms with van der Waals surface area (Å²) in [7, 11) is 1.50. The Balaban J connectivity index is 5.05. The van der Waals surface area contributed by atoms with E-state index in [1.54, 1.807) is 0 Å². The number of quaternary nitrogens is 1. The van der Waals surface area contributed by atoms with Gasteiger partial charge in [-0.15, -0.1) is 0 Å². The third kappa shape index (κ3) is 65.7. The van der Waals surface area contributed by atoms with Gasteiger partial charge in [-0.25, -0.2) is 4.57 Å².